The van der Waals surface area contributed by atoms with Crippen LogP contribution in [0.4, 0.5) is 0 Å². The molecule has 0 N–H and O–H groups in total. The molecular formula is C13H22O. The van der Waals surface area contributed by atoms with E-state index in [2.05, 4.69) is 6.92 Å². The lowest BCUT2D eigenvalue weighted by Gasteiger charge is -2.16. The predicted octanol–water partition coefficient (Wildman–Crippen LogP) is 4.03. The molecule has 80 valence electrons. The van der Waals surface area contributed by atoms with E-state index in [9.17, 15) is 4.79 Å². The summed E-state index contributed by atoms with van der Waals surface area (Å²) in [6, 6.07) is 0. The minimum Gasteiger partial charge on any atom is -0.298 e. The highest BCUT2D eigenvalue weighted by Crippen LogP contribution is 2.27. The smallest absolute Gasteiger partial charge is 0.145 e. The summed E-state index contributed by atoms with van der Waals surface area (Å²) in [5, 5.41) is 0. The minimum absolute atomic E-state index is 1.03. The van der Waals surface area contributed by atoms with Crippen molar-refractivity contribution in [3.63, 3.8) is 0 Å². The maximum absolute atomic E-state index is 10.8. The van der Waals surface area contributed by atoms with Crippen LogP contribution in [-0.4, -0.2) is 6.29 Å². The van der Waals surface area contributed by atoms with Crippen molar-refractivity contribution >= 4 is 6.29 Å². The molecule has 1 aliphatic rings. The highest BCUT2D eigenvalue weighted by atomic mass is 16.1. The van der Waals surface area contributed by atoms with Crippen LogP contribution in [0, 0.1) is 0 Å². The number of carbonyl (C=O) groups excluding carboxylic acids is 1. The van der Waals surface area contributed by atoms with Gasteiger partial charge in [-0.25, -0.2) is 0 Å². The zero-order chi connectivity index (χ0) is 10.2. The van der Waals surface area contributed by atoms with Gasteiger partial charge in [-0.05, 0) is 44.1 Å². The molecule has 0 amide bonds. The molecule has 0 atom stereocenters. The second-order valence-corrected chi connectivity index (χ2v) is 4.26. The second kappa shape index (κ2) is 6.80. The maximum Gasteiger partial charge on any atom is 0.145 e. The Morgan fingerprint density at radius 2 is 1.93 bits per heavy atom. The van der Waals surface area contributed by atoms with Crippen LogP contribution in [0.5, 0.6) is 0 Å². The largest absolute Gasteiger partial charge is 0.298 e. The van der Waals surface area contributed by atoms with Gasteiger partial charge in [-0.15, -0.1) is 0 Å². The summed E-state index contributed by atoms with van der Waals surface area (Å²) in [6.07, 6.45) is 12.2. The Balaban J connectivity index is 2.32. The molecule has 1 aliphatic carbocycles. The van der Waals surface area contributed by atoms with Crippen molar-refractivity contribution in [2.24, 2.45) is 0 Å². The Morgan fingerprint density at radius 1 is 1.14 bits per heavy atom. The minimum atomic E-state index is 1.03. The fraction of sp³-hybridized carbons (Fsp3) is 0.769. The van der Waals surface area contributed by atoms with Crippen LogP contribution in [0.2, 0.25) is 0 Å². The van der Waals surface area contributed by atoms with E-state index in [4.69, 9.17) is 0 Å². The predicted molar refractivity (Wildman–Crippen MR) is 60.3 cm³/mol. The molecule has 0 aliphatic heterocycles. The third-order valence-electron chi connectivity index (χ3n) is 3.10. The van der Waals surface area contributed by atoms with Crippen molar-refractivity contribution in [3.05, 3.63) is 11.1 Å². The van der Waals surface area contributed by atoms with Gasteiger partial charge in [-0.2, -0.15) is 0 Å². The van der Waals surface area contributed by atoms with Gasteiger partial charge in [0.25, 0.3) is 0 Å². The number of unbranched alkanes of at least 4 members (excludes halogenated alkanes) is 3. The van der Waals surface area contributed by atoms with Crippen LogP contribution in [-0.2, 0) is 4.79 Å². The van der Waals surface area contributed by atoms with E-state index in [1.54, 1.807) is 0 Å². The van der Waals surface area contributed by atoms with E-state index < -0.39 is 0 Å². The van der Waals surface area contributed by atoms with E-state index in [0.717, 1.165) is 18.3 Å². The Kier molecular flexibility index (Phi) is 5.58. The van der Waals surface area contributed by atoms with E-state index in [1.807, 2.05) is 0 Å². The molecule has 0 unspecified atom stereocenters. The highest BCUT2D eigenvalue weighted by Gasteiger charge is 2.11. The topological polar surface area (TPSA) is 17.1 Å². The molecule has 0 radical (unpaired) electrons. The third-order valence-corrected chi connectivity index (χ3v) is 3.10. The van der Waals surface area contributed by atoms with E-state index >= 15 is 0 Å². The SMILES string of the molecule is CCCCCCC1=C(C=O)CCCC1. The number of hydrogen-bond acceptors (Lipinski definition) is 1. The van der Waals surface area contributed by atoms with Crippen LogP contribution in [0.1, 0.15) is 64.7 Å². The highest BCUT2D eigenvalue weighted by molar-refractivity contribution is 5.74. The van der Waals surface area contributed by atoms with Crippen LogP contribution in [0.25, 0.3) is 0 Å². The van der Waals surface area contributed by atoms with Crippen LogP contribution >= 0.6 is 0 Å². The Hall–Kier alpha value is -0.590. The summed E-state index contributed by atoms with van der Waals surface area (Å²) >= 11 is 0. The average Bonchev–Trinajstić information content (AvgIpc) is 2.25. The number of carbonyl (C=O) groups is 1. The maximum atomic E-state index is 10.8. The molecule has 1 rings (SSSR count). The van der Waals surface area contributed by atoms with Gasteiger partial charge >= 0.3 is 0 Å². The standard InChI is InChI=1S/C13H22O/c1-2-3-4-5-8-12-9-6-7-10-13(12)11-14/h11H,2-10H2,1H3. The molecule has 14 heavy (non-hydrogen) atoms. The quantitative estimate of drug-likeness (QED) is 0.461. The normalized spacial score (nSPS) is 17.2. The molecule has 0 bridgehead atoms. The number of rotatable bonds is 6. The first kappa shape index (κ1) is 11.5. The van der Waals surface area contributed by atoms with Crippen LogP contribution in [0.15, 0.2) is 11.1 Å². The van der Waals surface area contributed by atoms with Gasteiger partial charge in [-0.1, -0.05) is 31.8 Å². The van der Waals surface area contributed by atoms with E-state index in [0.29, 0.717) is 0 Å². The van der Waals surface area contributed by atoms with Gasteiger partial charge in [0.2, 0.25) is 0 Å². The van der Waals surface area contributed by atoms with Crippen molar-refractivity contribution in [2.45, 2.75) is 64.7 Å². The van der Waals surface area contributed by atoms with Gasteiger partial charge in [0.1, 0.15) is 6.29 Å². The molecule has 0 fully saturated rings. The van der Waals surface area contributed by atoms with Crippen LogP contribution in [0.3, 0.4) is 0 Å². The molecule has 0 saturated carbocycles. The first-order valence-electron chi connectivity index (χ1n) is 6.04. The Bertz CT molecular complexity index is 203. The molecule has 1 nitrogen and oxygen atoms in total. The summed E-state index contributed by atoms with van der Waals surface area (Å²) in [6.45, 7) is 2.23. The van der Waals surface area contributed by atoms with Crippen molar-refractivity contribution in [1.82, 2.24) is 0 Å². The first-order chi connectivity index (χ1) is 6.88. The number of allylic oxidation sites excluding steroid dienone is 2. The molecule has 1 heteroatoms. The average molecular weight is 194 g/mol. The number of hydrogen-bond donors (Lipinski definition) is 0. The fourth-order valence-electron chi connectivity index (χ4n) is 2.18. The molecule has 0 spiro atoms. The first-order valence-corrected chi connectivity index (χ1v) is 6.04. The summed E-state index contributed by atoms with van der Waals surface area (Å²) in [7, 11) is 0. The van der Waals surface area contributed by atoms with E-state index in [1.165, 1.54) is 56.9 Å². The zero-order valence-electron chi connectivity index (χ0n) is 9.35. The summed E-state index contributed by atoms with van der Waals surface area (Å²) in [4.78, 5) is 10.8. The van der Waals surface area contributed by atoms with Gasteiger partial charge in [0.15, 0.2) is 0 Å². The lowest BCUT2D eigenvalue weighted by Crippen LogP contribution is -2.01. The molecular weight excluding hydrogens is 172 g/mol. The van der Waals surface area contributed by atoms with Crippen LogP contribution < -0.4 is 0 Å². The molecule has 0 aromatic carbocycles. The van der Waals surface area contributed by atoms with Crippen molar-refractivity contribution in [3.8, 4) is 0 Å². The third kappa shape index (κ3) is 3.65. The molecule has 0 saturated heterocycles. The van der Waals surface area contributed by atoms with E-state index in [-0.39, 0.29) is 0 Å². The molecule has 0 aromatic heterocycles. The number of aldehydes is 1. The summed E-state index contributed by atoms with van der Waals surface area (Å²) < 4.78 is 0. The molecule has 0 heterocycles. The Labute approximate surface area is 87.6 Å². The van der Waals surface area contributed by atoms with Gasteiger partial charge < -0.3 is 0 Å². The lowest BCUT2D eigenvalue weighted by molar-refractivity contribution is -0.105. The second-order valence-electron chi connectivity index (χ2n) is 4.26. The Morgan fingerprint density at radius 3 is 2.64 bits per heavy atom. The fourth-order valence-corrected chi connectivity index (χ4v) is 2.18. The zero-order valence-corrected chi connectivity index (χ0v) is 9.35. The van der Waals surface area contributed by atoms with Gasteiger partial charge in [0.05, 0.1) is 0 Å². The van der Waals surface area contributed by atoms with Crippen molar-refractivity contribution in [2.75, 3.05) is 0 Å². The summed E-state index contributed by atoms with van der Waals surface area (Å²) in [5.41, 5.74) is 2.58. The monoisotopic (exact) mass is 194 g/mol. The van der Waals surface area contributed by atoms with Gasteiger partial charge in [0, 0.05) is 0 Å². The summed E-state index contributed by atoms with van der Waals surface area (Å²) in [5.74, 6) is 0. The van der Waals surface area contributed by atoms with Crippen molar-refractivity contribution in [1.29, 1.82) is 0 Å². The van der Waals surface area contributed by atoms with Gasteiger partial charge in [-0.3, -0.25) is 4.79 Å². The molecule has 0 aromatic rings. The van der Waals surface area contributed by atoms with Crippen molar-refractivity contribution < 1.29 is 4.79 Å². The lowest BCUT2D eigenvalue weighted by atomic mass is 9.89.